The highest BCUT2D eigenvalue weighted by Gasteiger charge is 2.53. The average molecular weight is 425 g/mol. The summed E-state index contributed by atoms with van der Waals surface area (Å²) < 4.78 is 20.8. The van der Waals surface area contributed by atoms with Gasteiger partial charge in [0.1, 0.15) is 37.3 Å². The zero-order valence-corrected chi connectivity index (χ0v) is 16.7. The number of benzene rings is 1. The van der Waals surface area contributed by atoms with E-state index in [4.69, 9.17) is 18.9 Å². The van der Waals surface area contributed by atoms with Crippen LogP contribution in [0.5, 0.6) is 11.5 Å². The third kappa shape index (κ3) is 4.75. The van der Waals surface area contributed by atoms with Crippen LogP contribution in [0, 0.1) is 0 Å². The lowest BCUT2D eigenvalue weighted by Gasteiger charge is -2.41. The van der Waals surface area contributed by atoms with Crippen molar-refractivity contribution >= 4 is 12.0 Å². The zero-order valence-electron chi connectivity index (χ0n) is 16.7. The Hall–Kier alpha value is -2.21. The Morgan fingerprint density at radius 2 is 1.90 bits per heavy atom. The van der Waals surface area contributed by atoms with Gasteiger partial charge in [0.05, 0.1) is 6.04 Å². The van der Waals surface area contributed by atoms with Crippen molar-refractivity contribution in [2.24, 2.45) is 0 Å². The van der Waals surface area contributed by atoms with Gasteiger partial charge in [-0.3, -0.25) is 4.79 Å². The van der Waals surface area contributed by atoms with E-state index in [1.165, 1.54) is 12.1 Å². The number of phenols is 1. The van der Waals surface area contributed by atoms with Crippen molar-refractivity contribution < 1.29 is 44.2 Å². The predicted octanol–water partition coefficient (Wildman–Crippen LogP) is -0.509. The third-order valence-electron chi connectivity index (χ3n) is 5.13. The van der Waals surface area contributed by atoms with Crippen LogP contribution in [0.1, 0.15) is 19.4 Å². The van der Waals surface area contributed by atoms with Gasteiger partial charge >= 0.3 is 0 Å². The summed E-state index contributed by atoms with van der Waals surface area (Å²) in [5.74, 6) is -0.417. The molecule has 3 rings (SSSR count). The molecule has 1 saturated carbocycles. The molecule has 6 atom stereocenters. The summed E-state index contributed by atoms with van der Waals surface area (Å²) in [6.45, 7) is 3.75. The van der Waals surface area contributed by atoms with Gasteiger partial charge in [-0.15, -0.1) is 0 Å². The van der Waals surface area contributed by atoms with Crippen LogP contribution < -0.4 is 10.1 Å². The lowest BCUT2D eigenvalue weighted by molar-refractivity contribution is -0.155. The lowest BCUT2D eigenvalue weighted by Crippen LogP contribution is -2.67. The minimum Gasteiger partial charge on any atom is -0.504 e. The first-order valence-corrected chi connectivity index (χ1v) is 9.63. The molecular formula is C20H27NO9. The molecule has 0 aromatic heterocycles. The molecule has 2 fully saturated rings. The van der Waals surface area contributed by atoms with Gasteiger partial charge in [-0.05, 0) is 37.6 Å². The maximum absolute atomic E-state index is 12.6. The number of amides is 1. The molecule has 10 nitrogen and oxygen atoms in total. The summed E-state index contributed by atoms with van der Waals surface area (Å²) in [6, 6.07) is 3.50. The number of carbonyl (C=O) groups excluding carboxylic acids is 1. The molecule has 0 spiro atoms. The first-order valence-electron chi connectivity index (χ1n) is 9.63. The van der Waals surface area contributed by atoms with Gasteiger partial charge < -0.3 is 44.7 Å². The van der Waals surface area contributed by atoms with E-state index in [9.17, 15) is 25.2 Å². The number of hydrogen-bond donors (Lipinski definition) is 5. The standard InChI is InChI=1S/C20H27NO9/c1-3-27-8-28-13-5-4-11(7-12(13)22)6-10(2)20(26)21-14-15(23)17(25)19-18(16(14)24)29-9-30-19/h4-7,14-19,22-25H,3,8-9H2,1-2H3,(H,21,26)/b10-6+/t14-,15+,16-,17-,18+,19-/m1/s1. The Labute approximate surface area is 173 Å². The number of ether oxygens (including phenoxy) is 4. The van der Waals surface area contributed by atoms with Crippen LogP contribution in [0.4, 0.5) is 0 Å². The van der Waals surface area contributed by atoms with Crippen LogP contribution in [0.2, 0.25) is 0 Å². The Morgan fingerprint density at radius 1 is 1.20 bits per heavy atom. The van der Waals surface area contributed by atoms with Gasteiger partial charge in [0.25, 0.3) is 0 Å². The molecule has 1 aliphatic heterocycles. The summed E-state index contributed by atoms with van der Waals surface area (Å²) in [6.07, 6.45) is -4.16. The molecule has 0 bridgehead atoms. The van der Waals surface area contributed by atoms with E-state index in [1.807, 2.05) is 6.92 Å². The van der Waals surface area contributed by atoms with Gasteiger partial charge in [-0.25, -0.2) is 0 Å². The average Bonchev–Trinajstić information content (AvgIpc) is 3.21. The molecule has 2 aliphatic rings. The van der Waals surface area contributed by atoms with Crippen LogP contribution in [-0.4, -0.2) is 83.1 Å². The van der Waals surface area contributed by atoms with Gasteiger partial charge in [0.15, 0.2) is 18.3 Å². The highest BCUT2D eigenvalue weighted by atomic mass is 16.7. The van der Waals surface area contributed by atoms with Crippen LogP contribution in [0.15, 0.2) is 23.8 Å². The third-order valence-corrected chi connectivity index (χ3v) is 5.13. The Balaban J connectivity index is 1.66. The summed E-state index contributed by atoms with van der Waals surface area (Å²) in [5.41, 5.74) is 0.804. The number of phenolic OH excluding ortho intramolecular Hbond substituents is 1. The second kappa shape index (κ2) is 9.73. The minimum atomic E-state index is -1.43. The molecule has 10 heteroatoms. The maximum atomic E-state index is 12.6. The number of carbonyl (C=O) groups is 1. The lowest BCUT2D eigenvalue weighted by atomic mass is 9.83. The second-order valence-electron chi connectivity index (χ2n) is 7.16. The van der Waals surface area contributed by atoms with Crippen molar-refractivity contribution in [1.82, 2.24) is 5.32 Å². The fourth-order valence-corrected chi connectivity index (χ4v) is 3.47. The van der Waals surface area contributed by atoms with Crippen molar-refractivity contribution in [2.75, 3.05) is 20.2 Å². The van der Waals surface area contributed by atoms with Crippen molar-refractivity contribution in [3.63, 3.8) is 0 Å². The van der Waals surface area contributed by atoms with Crippen molar-refractivity contribution in [3.8, 4) is 11.5 Å². The molecule has 1 saturated heterocycles. The van der Waals surface area contributed by atoms with Crippen molar-refractivity contribution in [3.05, 3.63) is 29.3 Å². The number of aromatic hydroxyl groups is 1. The SMILES string of the molecule is CCOCOc1ccc(/C=C(\C)C(=O)N[C@@H]2[C@H](O)[C@@H](O)[C@H]3OCO[C@H]3[C@@H]2O)cc1O. The second-order valence-corrected chi connectivity index (χ2v) is 7.16. The van der Waals surface area contributed by atoms with Crippen LogP contribution in [0.25, 0.3) is 6.08 Å². The van der Waals surface area contributed by atoms with Crippen LogP contribution in [0.3, 0.4) is 0 Å². The topological polar surface area (TPSA) is 147 Å². The van der Waals surface area contributed by atoms with Gasteiger partial charge in [-0.2, -0.15) is 0 Å². The molecule has 5 N–H and O–H groups in total. The first kappa shape index (κ1) is 22.5. The zero-order chi connectivity index (χ0) is 21.8. The largest absolute Gasteiger partial charge is 0.504 e. The molecule has 1 aromatic carbocycles. The van der Waals surface area contributed by atoms with E-state index in [1.54, 1.807) is 19.1 Å². The normalized spacial score (nSPS) is 31.3. The highest BCUT2D eigenvalue weighted by molar-refractivity contribution is 5.97. The summed E-state index contributed by atoms with van der Waals surface area (Å²) in [4.78, 5) is 12.6. The number of rotatable bonds is 7. The minimum absolute atomic E-state index is 0.00910. The molecule has 1 amide bonds. The van der Waals surface area contributed by atoms with Crippen LogP contribution >= 0.6 is 0 Å². The Kier molecular flexibility index (Phi) is 7.29. The molecular weight excluding hydrogens is 398 g/mol. The number of hydrogen-bond acceptors (Lipinski definition) is 9. The smallest absolute Gasteiger partial charge is 0.247 e. The van der Waals surface area contributed by atoms with Crippen molar-refractivity contribution in [2.45, 2.75) is 50.4 Å². The number of aliphatic hydroxyl groups excluding tert-OH is 3. The van der Waals surface area contributed by atoms with E-state index in [0.29, 0.717) is 12.2 Å². The number of fused-ring (bicyclic) bond motifs is 1. The molecule has 0 unspecified atom stereocenters. The maximum Gasteiger partial charge on any atom is 0.247 e. The van der Waals surface area contributed by atoms with E-state index in [-0.39, 0.29) is 30.7 Å². The van der Waals surface area contributed by atoms with Gasteiger partial charge in [-0.1, -0.05) is 6.07 Å². The summed E-state index contributed by atoms with van der Waals surface area (Å²) in [7, 11) is 0. The van der Waals surface area contributed by atoms with E-state index in [0.717, 1.165) is 0 Å². The molecule has 1 aromatic rings. The summed E-state index contributed by atoms with van der Waals surface area (Å²) >= 11 is 0. The van der Waals surface area contributed by atoms with E-state index < -0.39 is 42.5 Å². The Morgan fingerprint density at radius 3 is 2.57 bits per heavy atom. The van der Waals surface area contributed by atoms with Crippen molar-refractivity contribution in [1.29, 1.82) is 0 Å². The molecule has 30 heavy (non-hydrogen) atoms. The monoisotopic (exact) mass is 425 g/mol. The Bertz CT molecular complexity index is 784. The summed E-state index contributed by atoms with van der Waals surface area (Å²) in [5, 5.41) is 43.5. The highest BCUT2D eigenvalue weighted by Crippen LogP contribution is 2.30. The molecule has 0 radical (unpaired) electrons. The predicted molar refractivity (Wildman–Crippen MR) is 103 cm³/mol. The van der Waals surface area contributed by atoms with E-state index in [2.05, 4.69) is 5.32 Å². The first-order chi connectivity index (χ1) is 14.3. The number of nitrogens with one attached hydrogen (secondary N) is 1. The van der Waals surface area contributed by atoms with Gasteiger partial charge in [0, 0.05) is 12.2 Å². The molecule has 1 heterocycles. The molecule has 1 aliphatic carbocycles. The van der Waals surface area contributed by atoms with Crippen LogP contribution in [-0.2, 0) is 19.0 Å². The van der Waals surface area contributed by atoms with Gasteiger partial charge in [0.2, 0.25) is 5.91 Å². The molecule has 166 valence electrons. The fourth-order valence-electron chi connectivity index (χ4n) is 3.47. The quantitative estimate of drug-likeness (QED) is 0.221. The van der Waals surface area contributed by atoms with E-state index >= 15 is 0 Å². The fraction of sp³-hybridized carbons (Fsp3) is 0.550. The number of aliphatic hydroxyl groups is 3.